The van der Waals surface area contributed by atoms with Gasteiger partial charge in [-0.2, -0.15) is 0 Å². The van der Waals surface area contributed by atoms with Gasteiger partial charge in [0.25, 0.3) is 10.0 Å². The summed E-state index contributed by atoms with van der Waals surface area (Å²) in [6, 6.07) is 3.55. The summed E-state index contributed by atoms with van der Waals surface area (Å²) in [6.45, 7) is 1.55. The normalized spacial score (nSPS) is 11.4. The number of sulfonamides is 1. The fourth-order valence-electron chi connectivity index (χ4n) is 1.61. The zero-order valence-corrected chi connectivity index (χ0v) is 12.9. The maximum Gasteiger partial charge on any atom is 0.348 e. The summed E-state index contributed by atoms with van der Waals surface area (Å²) >= 11 is 6.44. The SMILES string of the molecule is Cc1csc(C(=O)O)c1NS(=O)(=O)c1cccc(Cl)c1F. The third-order valence-corrected chi connectivity index (χ3v) is 5.36. The molecule has 5 nitrogen and oxygen atoms in total. The molecule has 0 atom stereocenters. The molecule has 2 aromatic rings. The van der Waals surface area contributed by atoms with Gasteiger partial charge in [-0.25, -0.2) is 17.6 Å². The van der Waals surface area contributed by atoms with E-state index in [-0.39, 0.29) is 15.6 Å². The number of carbonyl (C=O) groups is 1. The number of hydrogen-bond donors (Lipinski definition) is 2. The molecule has 21 heavy (non-hydrogen) atoms. The molecule has 1 heterocycles. The molecular weight excluding hydrogens is 341 g/mol. The van der Waals surface area contributed by atoms with Crippen molar-refractivity contribution in [2.24, 2.45) is 0 Å². The predicted molar refractivity (Wildman–Crippen MR) is 78.2 cm³/mol. The van der Waals surface area contributed by atoms with Crippen molar-refractivity contribution in [3.8, 4) is 0 Å². The number of rotatable bonds is 4. The van der Waals surface area contributed by atoms with E-state index in [0.717, 1.165) is 17.4 Å². The van der Waals surface area contributed by atoms with E-state index in [0.29, 0.717) is 5.56 Å². The topological polar surface area (TPSA) is 83.5 Å². The van der Waals surface area contributed by atoms with E-state index in [4.69, 9.17) is 16.7 Å². The Morgan fingerprint density at radius 1 is 1.43 bits per heavy atom. The minimum absolute atomic E-state index is 0.0770. The molecule has 112 valence electrons. The second-order valence-corrected chi connectivity index (χ2v) is 7.02. The van der Waals surface area contributed by atoms with Gasteiger partial charge < -0.3 is 5.11 Å². The third-order valence-electron chi connectivity index (χ3n) is 2.61. The van der Waals surface area contributed by atoms with Gasteiger partial charge in [0, 0.05) is 0 Å². The van der Waals surface area contributed by atoms with Crippen molar-refractivity contribution in [1.82, 2.24) is 0 Å². The van der Waals surface area contributed by atoms with Crippen LogP contribution in [0.1, 0.15) is 15.2 Å². The zero-order valence-electron chi connectivity index (χ0n) is 10.6. The number of hydrogen-bond acceptors (Lipinski definition) is 4. The summed E-state index contributed by atoms with van der Waals surface area (Å²) < 4.78 is 40.3. The molecule has 2 rings (SSSR count). The van der Waals surface area contributed by atoms with Crippen LogP contribution in [0, 0.1) is 12.7 Å². The van der Waals surface area contributed by atoms with Crippen molar-refractivity contribution < 1.29 is 22.7 Å². The molecule has 0 amide bonds. The fourth-order valence-corrected chi connectivity index (χ4v) is 3.99. The minimum Gasteiger partial charge on any atom is -0.477 e. The molecule has 0 spiro atoms. The summed E-state index contributed by atoms with van der Waals surface area (Å²) in [4.78, 5) is 10.2. The Kier molecular flexibility index (Phi) is 4.22. The molecule has 0 fully saturated rings. The van der Waals surface area contributed by atoms with Crippen LogP contribution in [0.5, 0.6) is 0 Å². The lowest BCUT2D eigenvalue weighted by molar-refractivity contribution is 0.0703. The number of benzene rings is 1. The maximum atomic E-state index is 13.8. The quantitative estimate of drug-likeness (QED) is 0.886. The van der Waals surface area contributed by atoms with Crippen LogP contribution in [-0.2, 0) is 10.0 Å². The number of anilines is 1. The van der Waals surface area contributed by atoms with Gasteiger partial charge in [0.05, 0.1) is 10.7 Å². The van der Waals surface area contributed by atoms with Gasteiger partial charge >= 0.3 is 5.97 Å². The van der Waals surface area contributed by atoms with E-state index in [9.17, 15) is 17.6 Å². The molecule has 0 aliphatic carbocycles. The molecule has 0 aliphatic rings. The highest BCUT2D eigenvalue weighted by Gasteiger charge is 2.25. The van der Waals surface area contributed by atoms with Gasteiger partial charge in [-0.3, -0.25) is 4.72 Å². The number of aryl methyl sites for hydroxylation is 1. The van der Waals surface area contributed by atoms with E-state index >= 15 is 0 Å². The Morgan fingerprint density at radius 3 is 2.71 bits per heavy atom. The number of carboxylic acids is 1. The van der Waals surface area contributed by atoms with E-state index in [1.54, 1.807) is 6.92 Å². The Hall–Kier alpha value is -1.64. The van der Waals surface area contributed by atoms with Crippen LogP contribution < -0.4 is 4.72 Å². The molecular formula is C12H9ClFNO4S2. The van der Waals surface area contributed by atoms with Gasteiger partial charge in [0.15, 0.2) is 5.82 Å². The van der Waals surface area contributed by atoms with Crippen molar-refractivity contribution in [2.75, 3.05) is 4.72 Å². The molecule has 1 aromatic heterocycles. The van der Waals surface area contributed by atoms with E-state index in [2.05, 4.69) is 4.72 Å². The van der Waals surface area contributed by atoms with E-state index in [1.807, 2.05) is 0 Å². The van der Waals surface area contributed by atoms with E-state index < -0.39 is 26.7 Å². The smallest absolute Gasteiger partial charge is 0.348 e. The zero-order chi connectivity index (χ0) is 15.8. The predicted octanol–water partition coefficient (Wildman–Crippen LogP) is 3.35. The monoisotopic (exact) mass is 349 g/mol. The average molecular weight is 350 g/mol. The molecule has 0 radical (unpaired) electrons. The Morgan fingerprint density at radius 2 is 2.10 bits per heavy atom. The van der Waals surface area contributed by atoms with Crippen LogP contribution in [0.2, 0.25) is 5.02 Å². The maximum absolute atomic E-state index is 13.8. The molecule has 0 aliphatic heterocycles. The van der Waals surface area contributed by atoms with Crippen molar-refractivity contribution in [1.29, 1.82) is 0 Å². The Balaban J connectivity index is 2.50. The first kappa shape index (κ1) is 15.7. The standard InChI is InChI=1S/C12H9ClFNO4S2/c1-6-5-20-11(12(16)17)10(6)15-21(18,19)8-4-2-3-7(13)9(8)14/h2-5,15H,1H3,(H,16,17). The highest BCUT2D eigenvalue weighted by molar-refractivity contribution is 7.92. The number of carboxylic acid groups (broad SMARTS) is 1. The fraction of sp³-hybridized carbons (Fsp3) is 0.0833. The third kappa shape index (κ3) is 3.02. The van der Waals surface area contributed by atoms with Crippen LogP contribution >= 0.6 is 22.9 Å². The second kappa shape index (κ2) is 5.63. The molecule has 9 heteroatoms. The number of thiophene rings is 1. The van der Waals surface area contributed by atoms with Crippen molar-refractivity contribution in [3.63, 3.8) is 0 Å². The summed E-state index contributed by atoms with van der Waals surface area (Å²) in [5, 5.41) is 10.2. The van der Waals surface area contributed by atoms with Crippen LogP contribution in [0.4, 0.5) is 10.1 Å². The lowest BCUT2D eigenvalue weighted by Gasteiger charge is -2.10. The largest absolute Gasteiger partial charge is 0.477 e. The first-order valence-corrected chi connectivity index (χ1v) is 8.26. The summed E-state index contributed by atoms with van der Waals surface area (Å²) in [7, 11) is -4.28. The highest BCUT2D eigenvalue weighted by Crippen LogP contribution is 2.31. The molecule has 0 bridgehead atoms. The lowest BCUT2D eigenvalue weighted by Crippen LogP contribution is -2.16. The van der Waals surface area contributed by atoms with Crippen LogP contribution in [-0.4, -0.2) is 19.5 Å². The molecule has 2 N–H and O–H groups in total. The van der Waals surface area contributed by atoms with Crippen molar-refractivity contribution in [2.45, 2.75) is 11.8 Å². The Bertz CT molecular complexity index is 817. The van der Waals surface area contributed by atoms with Crippen LogP contribution in [0.3, 0.4) is 0 Å². The molecule has 0 saturated heterocycles. The van der Waals surface area contributed by atoms with Gasteiger partial charge in [-0.1, -0.05) is 17.7 Å². The number of halogens is 2. The highest BCUT2D eigenvalue weighted by atomic mass is 35.5. The summed E-state index contributed by atoms with van der Waals surface area (Å²) in [6.07, 6.45) is 0. The Labute approximate surface area is 129 Å². The minimum atomic E-state index is -4.28. The molecule has 1 aromatic carbocycles. The van der Waals surface area contributed by atoms with Crippen LogP contribution in [0.15, 0.2) is 28.5 Å². The van der Waals surface area contributed by atoms with Gasteiger partial charge in [0.1, 0.15) is 9.77 Å². The summed E-state index contributed by atoms with van der Waals surface area (Å²) in [5.74, 6) is -2.35. The first-order chi connectivity index (χ1) is 9.74. The average Bonchev–Trinajstić information content (AvgIpc) is 2.74. The van der Waals surface area contributed by atoms with Crippen molar-refractivity contribution >= 4 is 44.6 Å². The van der Waals surface area contributed by atoms with Gasteiger partial charge in [0.2, 0.25) is 0 Å². The van der Waals surface area contributed by atoms with E-state index in [1.165, 1.54) is 17.5 Å². The first-order valence-electron chi connectivity index (χ1n) is 5.52. The van der Waals surface area contributed by atoms with Crippen molar-refractivity contribution in [3.05, 3.63) is 44.9 Å². The summed E-state index contributed by atoms with van der Waals surface area (Å²) in [5.41, 5.74) is 0.357. The van der Waals surface area contributed by atoms with Crippen LogP contribution in [0.25, 0.3) is 0 Å². The van der Waals surface area contributed by atoms with Gasteiger partial charge in [-0.05, 0) is 30.0 Å². The van der Waals surface area contributed by atoms with Gasteiger partial charge in [-0.15, -0.1) is 11.3 Å². The number of aromatic carboxylic acids is 1. The number of nitrogens with one attached hydrogen (secondary N) is 1. The molecule has 0 saturated carbocycles. The molecule has 0 unspecified atom stereocenters. The second-order valence-electron chi connectivity index (χ2n) is 4.09. The lowest BCUT2D eigenvalue weighted by atomic mass is 10.3.